The number of pyridine rings is 1. The zero-order valence-electron chi connectivity index (χ0n) is 7.69. The first kappa shape index (κ1) is 8.55. The van der Waals surface area contributed by atoms with Crippen LogP contribution in [0.15, 0.2) is 24.5 Å². The molecule has 0 spiro atoms. The third kappa shape index (κ3) is 1.39. The number of hydrogen-bond acceptors (Lipinski definition) is 4. The molecule has 2 rings (SSSR count). The van der Waals surface area contributed by atoms with Crippen molar-refractivity contribution in [2.45, 2.75) is 0 Å². The summed E-state index contributed by atoms with van der Waals surface area (Å²) in [6, 6.07) is 3.64. The number of aromatic nitrogens is 3. The summed E-state index contributed by atoms with van der Waals surface area (Å²) in [5, 5.41) is 6.60. The van der Waals surface area contributed by atoms with Gasteiger partial charge in [-0.15, -0.1) is 0 Å². The van der Waals surface area contributed by atoms with Crippen molar-refractivity contribution in [3.8, 4) is 17.1 Å². The van der Waals surface area contributed by atoms with Crippen molar-refractivity contribution in [2.75, 3.05) is 12.8 Å². The molecule has 0 aliphatic heterocycles. The van der Waals surface area contributed by atoms with Gasteiger partial charge in [0, 0.05) is 0 Å². The first-order chi connectivity index (χ1) is 6.81. The zero-order chi connectivity index (χ0) is 9.97. The van der Waals surface area contributed by atoms with Crippen molar-refractivity contribution < 1.29 is 4.74 Å². The summed E-state index contributed by atoms with van der Waals surface area (Å²) in [4.78, 5) is 4.18. The number of nitrogens with zero attached hydrogens (tertiary/aromatic N) is 2. The largest absolute Gasteiger partial charge is 0.495 e. The van der Waals surface area contributed by atoms with Gasteiger partial charge in [-0.3, -0.25) is 10.1 Å². The number of H-pyrrole nitrogens is 1. The number of nitrogen functional groups attached to an aromatic ring is 1. The van der Waals surface area contributed by atoms with Gasteiger partial charge < -0.3 is 10.5 Å². The maximum absolute atomic E-state index is 5.68. The van der Waals surface area contributed by atoms with Gasteiger partial charge in [0.05, 0.1) is 30.9 Å². The van der Waals surface area contributed by atoms with E-state index in [0.717, 1.165) is 11.4 Å². The number of rotatable bonds is 2. The molecule has 0 aliphatic rings. The lowest BCUT2D eigenvalue weighted by Crippen LogP contribution is -1.90. The Hall–Kier alpha value is -2.04. The predicted molar refractivity (Wildman–Crippen MR) is 52.8 cm³/mol. The molecule has 0 saturated heterocycles. The van der Waals surface area contributed by atoms with Gasteiger partial charge in [0.15, 0.2) is 0 Å². The van der Waals surface area contributed by atoms with Gasteiger partial charge in [0.1, 0.15) is 11.4 Å². The van der Waals surface area contributed by atoms with E-state index in [0.29, 0.717) is 11.4 Å². The lowest BCUT2D eigenvalue weighted by molar-refractivity contribution is 0.413. The van der Waals surface area contributed by atoms with Crippen LogP contribution in [0.4, 0.5) is 5.69 Å². The first-order valence-corrected chi connectivity index (χ1v) is 4.10. The van der Waals surface area contributed by atoms with Gasteiger partial charge in [-0.2, -0.15) is 5.10 Å². The van der Waals surface area contributed by atoms with Gasteiger partial charge in [0.25, 0.3) is 0 Å². The van der Waals surface area contributed by atoms with E-state index in [4.69, 9.17) is 10.5 Å². The van der Waals surface area contributed by atoms with Gasteiger partial charge >= 0.3 is 0 Å². The van der Waals surface area contributed by atoms with Crippen LogP contribution >= 0.6 is 0 Å². The number of nitrogens with one attached hydrogen (secondary N) is 1. The summed E-state index contributed by atoms with van der Waals surface area (Å²) >= 11 is 0. The lowest BCUT2D eigenvalue weighted by atomic mass is 10.2. The fraction of sp³-hybridized carbons (Fsp3) is 0.111. The number of aromatic amines is 1. The minimum absolute atomic E-state index is 0.586. The molecule has 72 valence electrons. The standard InChI is InChI=1S/C9H10N4O/c1-14-6-2-3-8(11-4-6)9-7(10)5-12-13-9/h2-5H,10H2,1H3,(H,12,13). The number of anilines is 1. The van der Waals surface area contributed by atoms with E-state index >= 15 is 0 Å². The van der Waals surface area contributed by atoms with Crippen LogP contribution < -0.4 is 10.5 Å². The molecule has 14 heavy (non-hydrogen) atoms. The Morgan fingerprint density at radius 2 is 2.21 bits per heavy atom. The number of methoxy groups -OCH3 is 1. The molecule has 0 radical (unpaired) electrons. The average Bonchev–Trinajstić information content (AvgIpc) is 2.65. The fourth-order valence-electron chi connectivity index (χ4n) is 1.15. The summed E-state index contributed by atoms with van der Waals surface area (Å²) in [5.74, 6) is 0.715. The van der Waals surface area contributed by atoms with Gasteiger partial charge in [-0.25, -0.2) is 0 Å². The summed E-state index contributed by atoms with van der Waals surface area (Å²) in [5.41, 5.74) is 7.74. The van der Waals surface area contributed by atoms with E-state index in [9.17, 15) is 0 Å². The lowest BCUT2D eigenvalue weighted by Gasteiger charge is -2.00. The molecule has 0 saturated carbocycles. The van der Waals surface area contributed by atoms with Crippen LogP contribution in [0.25, 0.3) is 11.4 Å². The quantitative estimate of drug-likeness (QED) is 0.742. The topological polar surface area (TPSA) is 76.8 Å². The monoisotopic (exact) mass is 190 g/mol. The highest BCUT2D eigenvalue weighted by molar-refractivity contribution is 5.68. The molecule has 2 aromatic rings. The normalized spacial score (nSPS) is 10.1. The minimum atomic E-state index is 0.586. The molecular weight excluding hydrogens is 180 g/mol. The van der Waals surface area contributed by atoms with Crippen LogP contribution in [0.3, 0.4) is 0 Å². The second-order valence-electron chi connectivity index (χ2n) is 2.78. The van der Waals surface area contributed by atoms with Crippen molar-refractivity contribution in [2.24, 2.45) is 0 Å². The SMILES string of the molecule is COc1ccc(-c2[nH]ncc2N)nc1. The van der Waals surface area contributed by atoms with E-state index in [1.54, 1.807) is 19.5 Å². The molecule has 0 atom stereocenters. The molecule has 2 heterocycles. The van der Waals surface area contributed by atoms with Gasteiger partial charge in [0.2, 0.25) is 0 Å². The Balaban J connectivity index is 2.39. The molecule has 0 bridgehead atoms. The fourth-order valence-corrected chi connectivity index (χ4v) is 1.15. The summed E-state index contributed by atoms with van der Waals surface area (Å²) in [6.07, 6.45) is 3.19. The highest BCUT2D eigenvalue weighted by Crippen LogP contribution is 2.21. The minimum Gasteiger partial charge on any atom is -0.495 e. The van der Waals surface area contributed by atoms with Crippen molar-refractivity contribution >= 4 is 5.69 Å². The van der Waals surface area contributed by atoms with Crippen LogP contribution in [0, 0.1) is 0 Å². The predicted octanol–water partition coefficient (Wildman–Crippen LogP) is 1.06. The Labute approximate surface area is 80.9 Å². The van der Waals surface area contributed by atoms with E-state index in [-0.39, 0.29) is 0 Å². The van der Waals surface area contributed by atoms with Gasteiger partial charge in [-0.05, 0) is 12.1 Å². The second-order valence-corrected chi connectivity index (χ2v) is 2.78. The summed E-state index contributed by atoms with van der Waals surface area (Å²) in [7, 11) is 1.60. The smallest absolute Gasteiger partial charge is 0.137 e. The highest BCUT2D eigenvalue weighted by Gasteiger charge is 2.05. The van der Waals surface area contributed by atoms with E-state index < -0.39 is 0 Å². The molecule has 5 nitrogen and oxygen atoms in total. The number of hydrogen-bond donors (Lipinski definition) is 2. The van der Waals surface area contributed by atoms with Crippen LogP contribution in [-0.2, 0) is 0 Å². The molecular formula is C9H10N4O. The molecule has 5 heteroatoms. The maximum atomic E-state index is 5.68. The Morgan fingerprint density at radius 3 is 2.71 bits per heavy atom. The van der Waals surface area contributed by atoms with Crippen molar-refractivity contribution in [1.29, 1.82) is 0 Å². The summed E-state index contributed by atoms with van der Waals surface area (Å²) in [6.45, 7) is 0. The van der Waals surface area contributed by atoms with Crippen molar-refractivity contribution in [3.63, 3.8) is 0 Å². The molecule has 0 aliphatic carbocycles. The van der Waals surface area contributed by atoms with Gasteiger partial charge in [-0.1, -0.05) is 0 Å². The van der Waals surface area contributed by atoms with Crippen molar-refractivity contribution in [1.82, 2.24) is 15.2 Å². The number of nitrogens with two attached hydrogens (primary N) is 1. The highest BCUT2D eigenvalue weighted by atomic mass is 16.5. The number of ether oxygens (including phenoxy) is 1. The van der Waals surface area contributed by atoms with Crippen LogP contribution in [-0.4, -0.2) is 22.3 Å². The molecule has 0 fully saturated rings. The Bertz CT molecular complexity index is 421. The van der Waals surface area contributed by atoms with Crippen molar-refractivity contribution in [3.05, 3.63) is 24.5 Å². The third-order valence-corrected chi connectivity index (χ3v) is 1.90. The van der Waals surface area contributed by atoms with Crippen LogP contribution in [0.5, 0.6) is 5.75 Å². The molecule has 3 N–H and O–H groups in total. The molecule has 0 aromatic carbocycles. The third-order valence-electron chi connectivity index (χ3n) is 1.90. The van der Waals surface area contributed by atoms with E-state index in [1.807, 2.05) is 12.1 Å². The van der Waals surface area contributed by atoms with Crippen LogP contribution in [0.1, 0.15) is 0 Å². The zero-order valence-corrected chi connectivity index (χ0v) is 7.69. The average molecular weight is 190 g/mol. The van der Waals surface area contributed by atoms with E-state index in [1.165, 1.54) is 0 Å². The first-order valence-electron chi connectivity index (χ1n) is 4.10. The van der Waals surface area contributed by atoms with E-state index in [2.05, 4.69) is 15.2 Å². The Morgan fingerprint density at radius 1 is 1.36 bits per heavy atom. The van der Waals surface area contributed by atoms with Crippen LogP contribution in [0.2, 0.25) is 0 Å². The summed E-state index contributed by atoms with van der Waals surface area (Å²) < 4.78 is 5.00. The molecule has 2 aromatic heterocycles. The maximum Gasteiger partial charge on any atom is 0.137 e. The second kappa shape index (κ2) is 3.37. The molecule has 0 amide bonds. The Kier molecular flexibility index (Phi) is 2.06. The molecule has 0 unspecified atom stereocenters.